The molecule has 1 fully saturated rings. The molecule has 1 N–H and O–H groups in total. The van der Waals surface area contributed by atoms with Gasteiger partial charge < -0.3 is 5.32 Å². The minimum atomic E-state index is 0.598. The monoisotopic (exact) mass is 184 g/mol. The molecule has 1 aliphatic heterocycles. The molecule has 0 bridgehead atoms. The van der Waals surface area contributed by atoms with Crippen LogP contribution in [0, 0.1) is 5.41 Å². The first-order chi connectivity index (χ1) is 5.79. The second kappa shape index (κ2) is 3.29. The van der Waals surface area contributed by atoms with Crippen molar-refractivity contribution in [1.29, 1.82) is 0 Å². The lowest BCUT2D eigenvalue weighted by Crippen LogP contribution is -2.28. The number of hydrogen-bond donors (Lipinski definition) is 1. The van der Waals surface area contributed by atoms with Crippen LogP contribution in [0.5, 0.6) is 0 Å². The summed E-state index contributed by atoms with van der Waals surface area (Å²) in [5.74, 6) is 1.24. The van der Waals surface area contributed by atoms with E-state index in [1.54, 1.807) is 0 Å². The molecule has 0 saturated heterocycles. The maximum atomic E-state index is 4.43. The summed E-state index contributed by atoms with van der Waals surface area (Å²) >= 11 is 1.87. The zero-order chi connectivity index (χ0) is 8.44. The fourth-order valence-electron chi connectivity index (χ4n) is 1.25. The topological polar surface area (TPSA) is 24.4 Å². The van der Waals surface area contributed by atoms with E-state index in [9.17, 15) is 0 Å². The molecule has 2 nitrogen and oxygen atoms in total. The molecule has 0 aromatic rings. The van der Waals surface area contributed by atoms with E-state index in [0.29, 0.717) is 5.41 Å². The van der Waals surface area contributed by atoms with Crippen molar-refractivity contribution < 1.29 is 0 Å². The molecule has 2 aliphatic rings. The highest BCUT2D eigenvalue weighted by Crippen LogP contribution is 2.44. The van der Waals surface area contributed by atoms with Crippen LogP contribution in [0.4, 0.5) is 0 Å². The lowest BCUT2D eigenvalue weighted by atomic mass is 10.1. The number of amidine groups is 1. The second-order valence-electron chi connectivity index (χ2n) is 4.05. The average Bonchev–Trinajstić information content (AvgIpc) is 2.84. The molecule has 2 rings (SSSR count). The average molecular weight is 184 g/mol. The highest BCUT2D eigenvalue weighted by molar-refractivity contribution is 8.13. The summed E-state index contributed by atoms with van der Waals surface area (Å²) in [5.41, 5.74) is 0.598. The van der Waals surface area contributed by atoms with Crippen molar-refractivity contribution >= 4 is 16.9 Å². The fourth-order valence-corrected chi connectivity index (χ4v) is 2.07. The molecule has 0 amide bonds. The first kappa shape index (κ1) is 8.42. The van der Waals surface area contributed by atoms with E-state index in [0.717, 1.165) is 13.1 Å². The summed E-state index contributed by atoms with van der Waals surface area (Å²) in [6.45, 7) is 4.49. The summed E-state index contributed by atoms with van der Waals surface area (Å²) in [7, 11) is 0. The number of hydrogen-bond acceptors (Lipinski definition) is 3. The fraction of sp³-hybridized carbons (Fsp3) is 0.889. The Morgan fingerprint density at radius 3 is 3.00 bits per heavy atom. The number of nitrogens with zero attached hydrogens (tertiary/aromatic N) is 1. The van der Waals surface area contributed by atoms with Crippen molar-refractivity contribution in [2.75, 3.05) is 18.8 Å². The lowest BCUT2D eigenvalue weighted by molar-refractivity contribution is 0.557. The van der Waals surface area contributed by atoms with E-state index >= 15 is 0 Å². The van der Waals surface area contributed by atoms with E-state index in [1.165, 1.54) is 30.2 Å². The first-order valence-corrected chi connectivity index (χ1v) is 5.68. The Morgan fingerprint density at radius 2 is 2.42 bits per heavy atom. The van der Waals surface area contributed by atoms with E-state index in [-0.39, 0.29) is 0 Å². The number of rotatable bonds is 2. The largest absolute Gasteiger partial charge is 0.364 e. The molecule has 0 aromatic carbocycles. The Bertz CT molecular complexity index is 197. The standard InChI is InChI=1S/C9H16N2S/c1-9(3-4-9)7-11-8-10-5-2-6-12-8/h2-7H2,1H3,(H,10,11). The molecule has 3 heteroatoms. The SMILES string of the molecule is CC1(CNC2=NCCCS2)CC1. The lowest BCUT2D eigenvalue weighted by Gasteiger charge is -2.15. The normalized spacial score (nSPS) is 26.2. The number of aliphatic imine (C=N–C) groups is 1. The van der Waals surface area contributed by atoms with Crippen molar-refractivity contribution in [2.45, 2.75) is 26.2 Å². The highest BCUT2D eigenvalue weighted by Gasteiger charge is 2.37. The Balaban J connectivity index is 1.75. The van der Waals surface area contributed by atoms with Gasteiger partial charge in [0.2, 0.25) is 0 Å². The van der Waals surface area contributed by atoms with Gasteiger partial charge in [-0.1, -0.05) is 18.7 Å². The Hall–Kier alpha value is -0.180. The van der Waals surface area contributed by atoms with Gasteiger partial charge in [0.25, 0.3) is 0 Å². The third kappa shape index (κ3) is 2.16. The van der Waals surface area contributed by atoms with Crippen molar-refractivity contribution in [3.8, 4) is 0 Å². The summed E-state index contributed by atoms with van der Waals surface area (Å²) in [5, 5.41) is 4.61. The zero-order valence-electron chi connectivity index (χ0n) is 7.60. The molecule has 0 unspecified atom stereocenters. The van der Waals surface area contributed by atoms with Crippen molar-refractivity contribution in [3.63, 3.8) is 0 Å². The zero-order valence-corrected chi connectivity index (χ0v) is 8.41. The summed E-state index contributed by atoms with van der Waals surface area (Å²) < 4.78 is 0. The van der Waals surface area contributed by atoms with Crippen LogP contribution in [-0.2, 0) is 0 Å². The summed E-state index contributed by atoms with van der Waals surface area (Å²) in [4.78, 5) is 4.43. The van der Waals surface area contributed by atoms with Gasteiger partial charge in [0.15, 0.2) is 5.17 Å². The molecule has 0 atom stereocenters. The minimum absolute atomic E-state index is 0.598. The van der Waals surface area contributed by atoms with Crippen LogP contribution in [0.3, 0.4) is 0 Å². The van der Waals surface area contributed by atoms with Gasteiger partial charge in [-0.15, -0.1) is 0 Å². The first-order valence-electron chi connectivity index (χ1n) is 4.70. The molecular weight excluding hydrogens is 168 g/mol. The van der Waals surface area contributed by atoms with Crippen LogP contribution in [0.1, 0.15) is 26.2 Å². The molecule has 1 saturated carbocycles. The van der Waals surface area contributed by atoms with Gasteiger partial charge in [0.1, 0.15) is 0 Å². The van der Waals surface area contributed by atoms with Gasteiger partial charge in [-0.05, 0) is 24.7 Å². The number of thioether (sulfide) groups is 1. The van der Waals surface area contributed by atoms with Crippen LogP contribution in [0.25, 0.3) is 0 Å². The van der Waals surface area contributed by atoms with Crippen LogP contribution in [-0.4, -0.2) is 24.0 Å². The molecule has 0 radical (unpaired) electrons. The van der Waals surface area contributed by atoms with Gasteiger partial charge in [-0.3, -0.25) is 4.99 Å². The van der Waals surface area contributed by atoms with Gasteiger partial charge >= 0.3 is 0 Å². The van der Waals surface area contributed by atoms with E-state index in [2.05, 4.69) is 17.2 Å². The molecule has 12 heavy (non-hydrogen) atoms. The van der Waals surface area contributed by atoms with Gasteiger partial charge in [-0.25, -0.2) is 0 Å². The summed E-state index contributed by atoms with van der Waals surface area (Å²) in [6, 6.07) is 0. The Kier molecular flexibility index (Phi) is 2.31. The molecule has 1 heterocycles. The van der Waals surface area contributed by atoms with Crippen molar-refractivity contribution in [3.05, 3.63) is 0 Å². The van der Waals surface area contributed by atoms with E-state index in [1.807, 2.05) is 11.8 Å². The maximum absolute atomic E-state index is 4.43. The number of nitrogens with one attached hydrogen (secondary N) is 1. The molecule has 0 aromatic heterocycles. The van der Waals surface area contributed by atoms with Gasteiger partial charge in [0.05, 0.1) is 0 Å². The molecule has 68 valence electrons. The van der Waals surface area contributed by atoms with Gasteiger partial charge in [-0.2, -0.15) is 0 Å². The summed E-state index contributed by atoms with van der Waals surface area (Å²) in [6.07, 6.45) is 4.02. The highest BCUT2D eigenvalue weighted by atomic mass is 32.2. The predicted octanol–water partition coefficient (Wildman–Crippen LogP) is 1.87. The van der Waals surface area contributed by atoms with E-state index < -0.39 is 0 Å². The van der Waals surface area contributed by atoms with E-state index in [4.69, 9.17) is 0 Å². The van der Waals surface area contributed by atoms with Gasteiger partial charge in [0, 0.05) is 18.8 Å². The van der Waals surface area contributed by atoms with Crippen LogP contribution < -0.4 is 5.32 Å². The smallest absolute Gasteiger partial charge is 0.156 e. The quantitative estimate of drug-likeness (QED) is 0.708. The molecule has 0 spiro atoms. The van der Waals surface area contributed by atoms with Crippen LogP contribution in [0.15, 0.2) is 4.99 Å². The molecular formula is C9H16N2S. The third-order valence-electron chi connectivity index (χ3n) is 2.57. The van der Waals surface area contributed by atoms with Crippen molar-refractivity contribution in [2.24, 2.45) is 10.4 Å². The Labute approximate surface area is 78.2 Å². The predicted molar refractivity (Wildman–Crippen MR) is 54.7 cm³/mol. The third-order valence-corrected chi connectivity index (χ3v) is 3.61. The molecule has 1 aliphatic carbocycles. The second-order valence-corrected chi connectivity index (χ2v) is 5.14. The minimum Gasteiger partial charge on any atom is -0.364 e. The van der Waals surface area contributed by atoms with Crippen LogP contribution in [0.2, 0.25) is 0 Å². The van der Waals surface area contributed by atoms with Crippen molar-refractivity contribution in [1.82, 2.24) is 5.32 Å². The van der Waals surface area contributed by atoms with Crippen LogP contribution >= 0.6 is 11.8 Å². The Morgan fingerprint density at radius 1 is 1.58 bits per heavy atom. The maximum Gasteiger partial charge on any atom is 0.156 e.